The second-order valence-corrected chi connectivity index (χ2v) is 12.5. The predicted octanol–water partition coefficient (Wildman–Crippen LogP) is 12.5. The molecule has 0 aliphatic carbocycles. The van der Waals surface area contributed by atoms with E-state index in [1.165, 1.54) is 26.9 Å². The molecule has 3 heteroatoms. The molecule has 228 valence electrons. The minimum atomic E-state index is 0.686. The van der Waals surface area contributed by atoms with Gasteiger partial charge in [-0.3, -0.25) is 0 Å². The normalized spacial score (nSPS) is 11.7. The monoisotopic (exact) mass is 624 g/mol. The molecule has 10 aromatic rings. The number of benzene rings is 8. The zero-order valence-electron chi connectivity index (χ0n) is 26.5. The van der Waals surface area contributed by atoms with Crippen molar-refractivity contribution in [2.24, 2.45) is 0 Å². The van der Waals surface area contributed by atoms with Crippen LogP contribution < -0.4 is 0 Å². The Morgan fingerprint density at radius 3 is 1.90 bits per heavy atom. The molecule has 0 saturated carbocycles. The minimum absolute atomic E-state index is 0.686. The zero-order valence-corrected chi connectivity index (χ0v) is 26.5. The lowest BCUT2D eigenvalue weighted by Gasteiger charge is -2.17. The molecule has 0 aliphatic rings. The van der Waals surface area contributed by atoms with Crippen molar-refractivity contribution in [3.63, 3.8) is 0 Å². The standard InChI is InChI=1S/C46H28N2O/c1-2-14-30(15-3-1)46-47-40(36-20-9-8-19-35(36)38-22-12-23-39-37-21-10-11-24-42(37)49-45(38)39)28-41(48-46)44-34-18-7-5-16-31(34)27-32-26-25-29-13-4-6-17-33(29)43(32)44/h1-28H. The van der Waals surface area contributed by atoms with E-state index in [0.717, 1.165) is 66.5 Å². The van der Waals surface area contributed by atoms with Crippen LogP contribution in [-0.2, 0) is 0 Å². The first-order chi connectivity index (χ1) is 24.3. The Labute approximate surface area is 282 Å². The number of hydrogen-bond acceptors (Lipinski definition) is 3. The average molecular weight is 625 g/mol. The number of para-hydroxylation sites is 2. The molecule has 0 radical (unpaired) electrons. The summed E-state index contributed by atoms with van der Waals surface area (Å²) >= 11 is 0. The van der Waals surface area contributed by atoms with Gasteiger partial charge in [-0.15, -0.1) is 0 Å². The van der Waals surface area contributed by atoms with E-state index in [2.05, 4.69) is 140 Å². The van der Waals surface area contributed by atoms with Gasteiger partial charge in [-0.1, -0.05) is 152 Å². The van der Waals surface area contributed by atoms with Gasteiger partial charge < -0.3 is 4.42 Å². The molecule has 2 heterocycles. The van der Waals surface area contributed by atoms with Crippen molar-refractivity contribution >= 4 is 54.3 Å². The van der Waals surface area contributed by atoms with Crippen LogP contribution in [0.15, 0.2) is 174 Å². The van der Waals surface area contributed by atoms with E-state index in [-0.39, 0.29) is 0 Å². The Hall–Kier alpha value is -6.58. The minimum Gasteiger partial charge on any atom is -0.455 e. The number of hydrogen-bond donors (Lipinski definition) is 0. The Bertz CT molecular complexity index is 2890. The van der Waals surface area contributed by atoms with E-state index in [1.807, 2.05) is 30.3 Å². The highest BCUT2D eigenvalue weighted by atomic mass is 16.3. The Morgan fingerprint density at radius 1 is 0.388 bits per heavy atom. The summed E-state index contributed by atoms with van der Waals surface area (Å²) in [6.45, 7) is 0. The summed E-state index contributed by atoms with van der Waals surface area (Å²) in [5, 5.41) is 9.35. The van der Waals surface area contributed by atoms with Gasteiger partial charge in [-0.05, 0) is 56.1 Å². The van der Waals surface area contributed by atoms with Gasteiger partial charge in [0.15, 0.2) is 5.82 Å². The molecule has 0 spiro atoms. The van der Waals surface area contributed by atoms with Gasteiger partial charge in [0.25, 0.3) is 0 Å². The molecule has 0 N–H and O–H groups in total. The fourth-order valence-corrected chi connectivity index (χ4v) is 7.44. The largest absolute Gasteiger partial charge is 0.455 e. The molecule has 2 aromatic heterocycles. The fourth-order valence-electron chi connectivity index (χ4n) is 7.44. The van der Waals surface area contributed by atoms with Crippen LogP contribution in [0.3, 0.4) is 0 Å². The first kappa shape index (κ1) is 27.5. The lowest BCUT2D eigenvalue weighted by atomic mass is 9.90. The molecule has 0 fully saturated rings. The molecule has 0 bridgehead atoms. The molecule has 3 nitrogen and oxygen atoms in total. The smallest absolute Gasteiger partial charge is 0.160 e. The van der Waals surface area contributed by atoms with Gasteiger partial charge >= 0.3 is 0 Å². The maximum Gasteiger partial charge on any atom is 0.160 e. The van der Waals surface area contributed by atoms with Crippen LogP contribution in [0.4, 0.5) is 0 Å². The summed E-state index contributed by atoms with van der Waals surface area (Å²) in [4.78, 5) is 10.6. The van der Waals surface area contributed by atoms with Gasteiger partial charge in [0.2, 0.25) is 0 Å². The van der Waals surface area contributed by atoms with E-state index in [4.69, 9.17) is 14.4 Å². The molecule has 10 rings (SSSR count). The summed E-state index contributed by atoms with van der Waals surface area (Å²) in [5.41, 5.74) is 8.70. The van der Waals surface area contributed by atoms with E-state index < -0.39 is 0 Å². The third-order valence-electron chi connectivity index (χ3n) is 9.66. The first-order valence-corrected chi connectivity index (χ1v) is 16.6. The molecular weight excluding hydrogens is 597 g/mol. The van der Waals surface area contributed by atoms with Crippen LogP contribution in [0.2, 0.25) is 0 Å². The topological polar surface area (TPSA) is 38.9 Å². The maximum absolute atomic E-state index is 6.52. The number of aromatic nitrogens is 2. The Balaban J connectivity index is 1.30. The SMILES string of the molecule is c1ccc(-c2nc(-c3ccccc3-c3cccc4c3oc3ccccc34)cc(-c3c4ccccc4cc4ccc5ccccc5c34)n2)cc1. The summed E-state index contributed by atoms with van der Waals surface area (Å²) in [7, 11) is 0. The summed E-state index contributed by atoms with van der Waals surface area (Å²) in [5.74, 6) is 0.686. The Kier molecular flexibility index (Phi) is 6.18. The number of fused-ring (bicyclic) bond motifs is 7. The molecule has 0 atom stereocenters. The van der Waals surface area contributed by atoms with Gasteiger partial charge in [-0.25, -0.2) is 9.97 Å². The molecule has 0 saturated heterocycles. The van der Waals surface area contributed by atoms with E-state index in [9.17, 15) is 0 Å². The van der Waals surface area contributed by atoms with Gasteiger partial charge in [0, 0.05) is 33.0 Å². The van der Waals surface area contributed by atoms with Gasteiger partial charge in [0.1, 0.15) is 11.2 Å². The highest BCUT2D eigenvalue weighted by Gasteiger charge is 2.20. The van der Waals surface area contributed by atoms with Crippen LogP contribution in [-0.4, -0.2) is 9.97 Å². The van der Waals surface area contributed by atoms with E-state index in [1.54, 1.807) is 0 Å². The van der Waals surface area contributed by atoms with Crippen molar-refractivity contribution in [3.05, 3.63) is 170 Å². The van der Waals surface area contributed by atoms with Crippen molar-refractivity contribution in [3.8, 4) is 45.0 Å². The van der Waals surface area contributed by atoms with Crippen molar-refractivity contribution in [1.29, 1.82) is 0 Å². The van der Waals surface area contributed by atoms with E-state index in [0.29, 0.717) is 5.82 Å². The molecule has 8 aromatic carbocycles. The summed E-state index contributed by atoms with van der Waals surface area (Å²) < 4.78 is 6.52. The lowest BCUT2D eigenvalue weighted by Crippen LogP contribution is -1.98. The third-order valence-corrected chi connectivity index (χ3v) is 9.66. The summed E-state index contributed by atoms with van der Waals surface area (Å²) in [6, 6.07) is 59.6. The second-order valence-electron chi connectivity index (χ2n) is 12.5. The van der Waals surface area contributed by atoms with Crippen molar-refractivity contribution in [1.82, 2.24) is 9.97 Å². The van der Waals surface area contributed by atoms with Crippen LogP contribution in [0.1, 0.15) is 0 Å². The number of rotatable bonds is 4. The quantitative estimate of drug-likeness (QED) is 0.144. The van der Waals surface area contributed by atoms with Crippen LogP contribution in [0, 0.1) is 0 Å². The summed E-state index contributed by atoms with van der Waals surface area (Å²) in [6.07, 6.45) is 0. The fraction of sp³-hybridized carbons (Fsp3) is 0. The van der Waals surface area contributed by atoms with Crippen molar-refractivity contribution in [2.75, 3.05) is 0 Å². The number of furan rings is 1. The molecular formula is C46H28N2O. The molecule has 0 unspecified atom stereocenters. The van der Waals surface area contributed by atoms with Crippen LogP contribution in [0.25, 0.3) is 99.3 Å². The second kappa shape index (κ2) is 11.0. The lowest BCUT2D eigenvalue weighted by molar-refractivity contribution is 0.670. The van der Waals surface area contributed by atoms with Crippen LogP contribution in [0.5, 0.6) is 0 Å². The first-order valence-electron chi connectivity index (χ1n) is 16.6. The molecule has 0 amide bonds. The average Bonchev–Trinajstić information content (AvgIpc) is 3.56. The predicted molar refractivity (Wildman–Crippen MR) is 204 cm³/mol. The zero-order chi connectivity index (χ0) is 32.3. The highest BCUT2D eigenvalue weighted by molar-refractivity contribution is 6.21. The Morgan fingerprint density at radius 2 is 1.02 bits per heavy atom. The van der Waals surface area contributed by atoms with Gasteiger partial charge in [-0.2, -0.15) is 0 Å². The molecule has 0 aliphatic heterocycles. The van der Waals surface area contributed by atoms with Crippen molar-refractivity contribution < 1.29 is 4.42 Å². The van der Waals surface area contributed by atoms with Gasteiger partial charge in [0.05, 0.1) is 11.4 Å². The van der Waals surface area contributed by atoms with Crippen LogP contribution >= 0.6 is 0 Å². The van der Waals surface area contributed by atoms with E-state index >= 15 is 0 Å². The highest BCUT2D eigenvalue weighted by Crippen LogP contribution is 2.43. The molecule has 49 heavy (non-hydrogen) atoms. The van der Waals surface area contributed by atoms with Crippen molar-refractivity contribution in [2.45, 2.75) is 0 Å². The maximum atomic E-state index is 6.52. The third kappa shape index (κ3) is 4.44. The number of nitrogens with zero attached hydrogens (tertiary/aromatic N) is 2.